The molecule has 6 heteroatoms. The second kappa shape index (κ2) is 3.20. The van der Waals surface area contributed by atoms with Gasteiger partial charge in [0.1, 0.15) is 5.71 Å². The third-order valence-electron chi connectivity index (χ3n) is 0.477. The van der Waals surface area contributed by atoms with Crippen LogP contribution >= 0.6 is 0 Å². The van der Waals surface area contributed by atoms with E-state index in [1.54, 1.807) is 0 Å². The zero-order valence-electron chi connectivity index (χ0n) is 5.10. The van der Waals surface area contributed by atoms with E-state index in [1.165, 1.54) is 6.92 Å². The van der Waals surface area contributed by atoms with Gasteiger partial charge in [-0.3, -0.25) is 4.55 Å². The first-order valence-electron chi connectivity index (χ1n) is 2.13. The summed E-state index contributed by atoms with van der Waals surface area (Å²) < 4.78 is 31.1. The summed E-state index contributed by atoms with van der Waals surface area (Å²) >= 11 is 0. The number of hydrogen-bond acceptors (Lipinski definition) is 4. The molecule has 0 aromatic rings. The van der Waals surface area contributed by atoms with E-state index in [1.807, 2.05) is 5.92 Å². The fourth-order valence-electron chi connectivity index (χ4n) is 0.129. The van der Waals surface area contributed by atoms with E-state index in [0.29, 0.717) is 0 Å². The third-order valence-corrected chi connectivity index (χ3v) is 0.740. The van der Waals surface area contributed by atoms with Crippen molar-refractivity contribution in [3.63, 3.8) is 0 Å². The number of oxime groups is 1. The van der Waals surface area contributed by atoms with Crippen LogP contribution in [0.2, 0.25) is 0 Å². The average molecular weight is 163 g/mol. The largest absolute Gasteiger partial charge is 0.466 e. The van der Waals surface area contributed by atoms with E-state index in [9.17, 15) is 8.42 Å². The SMILES string of the molecule is C#C/C(C)=N/OS(=O)(=O)O. The minimum absolute atomic E-state index is 0.0256. The summed E-state index contributed by atoms with van der Waals surface area (Å²) in [5.74, 6) is 1.99. The molecule has 0 saturated heterocycles. The Morgan fingerprint density at radius 3 is 2.60 bits per heavy atom. The van der Waals surface area contributed by atoms with Crippen molar-refractivity contribution in [1.29, 1.82) is 0 Å². The van der Waals surface area contributed by atoms with Gasteiger partial charge in [-0.05, 0) is 6.92 Å². The molecule has 0 amide bonds. The summed E-state index contributed by atoms with van der Waals surface area (Å²) in [6.07, 6.45) is 4.76. The average Bonchev–Trinajstić information content (AvgIpc) is 1.81. The lowest BCUT2D eigenvalue weighted by Gasteiger charge is -1.89. The molecule has 0 unspecified atom stereocenters. The van der Waals surface area contributed by atoms with Gasteiger partial charge in [0.2, 0.25) is 0 Å². The Kier molecular flexibility index (Phi) is 2.86. The molecule has 1 N–H and O–H groups in total. The monoisotopic (exact) mass is 163 g/mol. The van der Waals surface area contributed by atoms with Gasteiger partial charge in [0, 0.05) is 0 Å². The van der Waals surface area contributed by atoms with E-state index in [4.69, 9.17) is 11.0 Å². The Bertz CT molecular complexity index is 270. The van der Waals surface area contributed by atoms with Crippen molar-refractivity contribution >= 4 is 16.1 Å². The van der Waals surface area contributed by atoms with Crippen LogP contribution in [-0.2, 0) is 14.7 Å². The summed E-state index contributed by atoms with van der Waals surface area (Å²) in [4.78, 5) is 0. The maximum absolute atomic E-state index is 9.81. The highest BCUT2D eigenvalue weighted by Gasteiger charge is 2.01. The summed E-state index contributed by atoms with van der Waals surface area (Å²) in [5, 5.41) is 2.86. The molecule has 0 bridgehead atoms. The minimum atomic E-state index is -4.51. The first-order chi connectivity index (χ1) is 4.45. The zero-order chi connectivity index (χ0) is 8.20. The van der Waals surface area contributed by atoms with Gasteiger partial charge in [-0.25, -0.2) is 4.28 Å². The molecular weight excluding hydrogens is 158 g/mol. The van der Waals surface area contributed by atoms with Crippen molar-refractivity contribution in [1.82, 2.24) is 0 Å². The molecule has 0 saturated carbocycles. The van der Waals surface area contributed by atoms with Crippen molar-refractivity contribution in [3.8, 4) is 12.3 Å². The molecule has 0 aromatic carbocycles. The van der Waals surface area contributed by atoms with Gasteiger partial charge in [-0.1, -0.05) is 11.1 Å². The predicted molar refractivity (Wildman–Crippen MR) is 34.6 cm³/mol. The van der Waals surface area contributed by atoms with Crippen LogP contribution in [0.25, 0.3) is 0 Å². The van der Waals surface area contributed by atoms with Crippen molar-refractivity contribution in [3.05, 3.63) is 0 Å². The molecule has 0 aliphatic heterocycles. The molecule has 0 fully saturated rings. The van der Waals surface area contributed by atoms with Gasteiger partial charge < -0.3 is 0 Å². The first kappa shape index (κ1) is 8.94. The van der Waals surface area contributed by atoms with Crippen LogP contribution < -0.4 is 0 Å². The highest BCUT2D eigenvalue weighted by molar-refractivity contribution is 7.80. The molecule has 0 aliphatic carbocycles. The van der Waals surface area contributed by atoms with Crippen LogP contribution in [0.15, 0.2) is 5.16 Å². The molecule has 56 valence electrons. The Hall–Kier alpha value is -1.06. The van der Waals surface area contributed by atoms with Crippen LogP contribution in [-0.4, -0.2) is 18.7 Å². The van der Waals surface area contributed by atoms with Crippen LogP contribution in [0.5, 0.6) is 0 Å². The Morgan fingerprint density at radius 1 is 1.80 bits per heavy atom. The van der Waals surface area contributed by atoms with Gasteiger partial charge >= 0.3 is 10.4 Å². The maximum atomic E-state index is 9.81. The van der Waals surface area contributed by atoms with Gasteiger partial charge in [0.25, 0.3) is 0 Å². The molecule has 0 heterocycles. The van der Waals surface area contributed by atoms with E-state index in [0.717, 1.165) is 0 Å². The number of hydrogen-bond donors (Lipinski definition) is 1. The fourth-order valence-corrected chi connectivity index (χ4v) is 0.335. The Labute approximate surface area is 58.6 Å². The molecule has 5 nitrogen and oxygen atoms in total. The number of terminal acetylenes is 1. The predicted octanol–water partition coefficient (Wildman–Crippen LogP) is -0.185. The molecule has 10 heavy (non-hydrogen) atoms. The summed E-state index contributed by atoms with van der Waals surface area (Å²) in [6, 6.07) is 0. The quantitative estimate of drug-likeness (QED) is 0.265. The lowest BCUT2D eigenvalue weighted by Crippen LogP contribution is -1.99. The van der Waals surface area contributed by atoms with Crippen molar-refractivity contribution in [2.45, 2.75) is 6.92 Å². The Balaban J connectivity index is 4.15. The third kappa shape index (κ3) is 5.08. The van der Waals surface area contributed by atoms with E-state index >= 15 is 0 Å². The summed E-state index contributed by atoms with van der Waals surface area (Å²) in [6.45, 7) is 1.35. The van der Waals surface area contributed by atoms with Gasteiger partial charge in [0.15, 0.2) is 0 Å². The van der Waals surface area contributed by atoms with E-state index in [-0.39, 0.29) is 5.71 Å². The highest BCUT2D eigenvalue weighted by atomic mass is 32.3. The van der Waals surface area contributed by atoms with Crippen LogP contribution in [0.1, 0.15) is 6.92 Å². The first-order valence-corrected chi connectivity index (χ1v) is 3.49. The highest BCUT2D eigenvalue weighted by Crippen LogP contribution is 1.86. The molecule has 0 spiro atoms. The van der Waals surface area contributed by atoms with Crippen LogP contribution in [0.3, 0.4) is 0 Å². The van der Waals surface area contributed by atoms with Crippen molar-refractivity contribution in [2.24, 2.45) is 5.16 Å². The van der Waals surface area contributed by atoms with E-state index < -0.39 is 10.4 Å². The minimum Gasteiger partial charge on any atom is -0.253 e. The van der Waals surface area contributed by atoms with Crippen molar-refractivity contribution in [2.75, 3.05) is 0 Å². The Morgan fingerprint density at radius 2 is 2.30 bits per heavy atom. The number of nitrogens with zero attached hydrogens (tertiary/aromatic N) is 1. The fraction of sp³-hybridized carbons (Fsp3) is 0.250. The molecule has 0 rings (SSSR count). The topological polar surface area (TPSA) is 76.0 Å². The molecular formula is C4H5NO4S. The van der Waals surface area contributed by atoms with Crippen LogP contribution in [0.4, 0.5) is 0 Å². The molecule has 0 radical (unpaired) electrons. The normalized spacial score (nSPS) is 12.3. The zero-order valence-corrected chi connectivity index (χ0v) is 5.92. The molecule has 0 aliphatic rings. The second-order valence-electron chi connectivity index (χ2n) is 1.32. The van der Waals surface area contributed by atoms with Gasteiger partial charge in [-0.15, -0.1) is 6.42 Å². The standard InChI is InChI=1S/C4H5NO4S/c1-3-4(2)5-9-10(6,7)8/h1H,2H3,(H,6,7,8)/b5-4+. The van der Waals surface area contributed by atoms with Crippen LogP contribution in [0, 0.1) is 12.3 Å². The lowest BCUT2D eigenvalue weighted by atomic mass is 10.5. The van der Waals surface area contributed by atoms with E-state index in [2.05, 4.69) is 9.44 Å². The van der Waals surface area contributed by atoms with Gasteiger partial charge in [-0.2, -0.15) is 8.42 Å². The molecule has 0 atom stereocenters. The van der Waals surface area contributed by atoms with Crippen molar-refractivity contribution < 1.29 is 17.3 Å². The lowest BCUT2D eigenvalue weighted by molar-refractivity contribution is 0.282. The van der Waals surface area contributed by atoms with Gasteiger partial charge in [0.05, 0.1) is 0 Å². The number of rotatable bonds is 2. The second-order valence-corrected chi connectivity index (χ2v) is 2.33. The smallest absolute Gasteiger partial charge is 0.253 e. The molecule has 0 aromatic heterocycles. The maximum Gasteiger partial charge on any atom is 0.466 e. The summed E-state index contributed by atoms with van der Waals surface area (Å²) in [5.41, 5.74) is 0.0256. The summed E-state index contributed by atoms with van der Waals surface area (Å²) in [7, 11) is -4.51.